The van der Waals surface area contributed by atoms with Gasteiger partial charge in [-0.1, -0.05) is 6.07 Å². The zero-order valence-electron chi connectivity index (χ0n) is 13.6. The van der Waals surface area contributed by atoms with Crippen LogP contribution in [0.15, 0.2) is 36.7 Å². The Bertz CT molecular complexity index is 949. The summed E-state index contributed by atoms with van der Waals surface area (Å²) in [5.74, 6) is -1.40. The topological polar surface area (TPSA) is 51.0 Å². The van der Waals surface area contributed by atoms with Gasteiger partial charge >= 0.3 is 0 Å². The number of amides is 1. The molecule has 1 amide bonds. The van der Waals surface area contributed by atoms with E-state index in [9.17, 15) is 13.6 Å². The molecule has 3 heterocycles. The van der Waals surface area contributed by atoms with Crippen LogP contribution in [0, 0.1) is 11.6 Å². The van der Waals surface area contributed by atoms with E-state index >= 15 is 0 Å². The fourth-order valence-corrected chi connectivity index (χ4v) is 3.43. The second-order valence-corrected chi connectivity index (χ2v) is 6.23. The van der Waals surface area contributed by atoms with E-state index in [1.807, 2.05) is 17.7 Å². The molecule has 5 nitrogen and oxygen atoms in total. The molecule has 3 aromatic rings. The van der Waals surface area contributed by atoms with Gasteiger partial charge in [0.1, 0.15) is 23.0 Å². The number of aryl methyl sites for hydroxylation is 1. The van der Waals surface area contributed by atoms with Gasteiger partial charge in [-0.2, -0.15) is 0 Å². The zero-order chi connectivity index (χ0) is 17.6. The minimum atomic E-state index is -0.831. The summed E-state index contributed by atoms with van der Waals surface area (Å²) in [6.07, 6.45) is 4.13. The predicted octanol–water partition coefficient (Wildman–Crippen LogP) is 2.88. The summed E-state index contributed by atoms with van der Waals surface area (Å²) in [5.41, 5.74) is 1.28. The number of fused-ring (bicyclic) bond motifs is 1. The molecule has 0 aliphatic carbocycles. The Hall–Kier alpha value is -2.83. The third-order valence-electron chi connectivity index (χ3n) is 4.73. The summed E-state index contributed by atoms with van der Waals surface area (Å²) in [5, 5.41) is 0. The molecule has 1 atom stereocenters. The second-order valence-electron chi connectivity index (χ2n) is 6.23. The minimum absolute atomic E-state index is 0.0242. The largest absolute Gasteiger partial charge is 0.338 e. The highest BCUT2D eigenvalue weighted by Gasteiger charge is 2.33. The van der Waals surface area contributed by atoms with E-state index in [0.29, 0.717) is 19.5 Å². The van der Waals surface area contributed by atoms with E-state index < -0.39 is 23.1 Å². The molecule has 1 aliphatic rings. The molecule has 0 bridgehead atoms. The molecule has 1 fully saturated rings. The lowest BCUT2D eigenvalue weighted by Crippen LogP contribution is -2.30. The lowest BCUT2D eigenvalue weighted by atomic mass is 10.1. The van der Waals surface area contributed by atoms with Crippen molar-refractivity contribution in [2.45, 2.75) is 12.3 Å². The summed E-state index contributed by atoms with van der Waals surface area (Å²) in [4.78, 5) is 22.8. The monoisotopic (exact) mass is 342 g/mol. The number of hydrogen-bond acceptors (Lipinski definition) is 3. The van der Waals surface area contributed by atoms with Crippen molar-refractivity contribution in [3.63, 3.8) is 0 Å². The highest BCUT2D eigenvalue weighted by Crippen LogP contribution is 2.30. The summed E-state index contributed by atoms with van der Waals surface area (Å²) in [7, 11) is 1.91. The quantitative estimate of drug-likeness (QED) is 0.720. The second kappa shape index (κ2) is 5.91. The van der Waals surface area contributed by atoms with Crippen LogP contribution < -0.4 is 0 Å². The standard InChI is InChI=1S/C18H16F2N4O/c1-23-15-9-21-7-5-14(15)22-17(23)11-6-8-24(10-11)18(25)16-12(19)3-2-4-13(16)20/h2-5,7,9,11H,6,8,10H2,1H3. The highest BCUT2D eigenvalue weighted by molar-refractivity contribution is 5.95. The average Bonchev–Trinajstić information content (AvgIpc) is 3.20. The first-order valence-electron chi connectivity index (χ1n) is 8.06. The van der Waals surface area contributed by atoms with E-state index in [-0.39, 0.29) is 5.92 Å². The fourth-order valence-electron chi connectivity index (χ4n) is 3.43. The lowest BCUT2D eigenvalue weighted by Gasteiger charge is -2.17. The zero-order valence-corrected chi connectivity index (χ0v) is 13.6. The summed E-state index contributed by atoms with van der Waals surface area (Å²) >= 11 is 0. The Morgan fingerprint density at radius 3 is 2.72 bits per heavy atom. The van der Waals surface area contributed by atoms with Crippen molar-refractivity contribution in [2.24, 2.45) is 7.05 Å². The number of rotatable bonds is 2. The van der Waals surface area contributed by atoms with Crippen LogP contribution in [0.1, 0.15) is 28.5 Å². The Morgan fingerprint density at radius 2 is 2.00 bits per heavy atom. The van der Waals surface area contributed by atoms with Gasteiger partial charge in [0.2, 0.25) is 0 Å². The first kappa shape index (κ1) is 15.7. The molecule has 2 aromatic heterocycles. The van der Waals surface area contributed by atoms with Gasteiger partial charge < -0.3 is 9.47 Å². The van der Waals surface area contributed by atoms with Crippen LogP contribution in [-0.4, -0.2) is 38.4 Å². The first-order chi connectivity index (χ1) is 12.1. The first-order valence-corrected chi connectivity index (χ1v) is 8.06. The summed E-state index contributed by atoms with van der Waals surface area (Å²) in [6, 6.07) is 5.29. The van der Waals surface area contributed by atoms with Crippen molar-refractivity contribution in [3.8, 4) is 0 Å². The van der Waals surface area contributed by atoms with Crippen LogP contribution in [0.25, 0.3) is 11.0 Å². The van der Waals surface area contributed by atoms with Crippen LogP contribution in [0.4, 0.5) is 8.78 Å². The molecular weight excluding hydrogens is 326 g/mol. The Morgan fingerprint density at radius 1 is 1.24 bits per heavy atom. The summed E-state index contributed by atoms with van der Waals surface area (Å²) < 4.78 is 29.7. The van der Waals surface area contributed by atoms with Gasteiger partial charge in [0.05, 0.1) is 17.2 Å². The Labute approximate surface area is 142 Å². The van der Waals surface area contributed by atoms with Gasteiger partial charge in [0, 0.05) is 32.3 Å². The molecule has 7 heteroatoms. The third kappa shape index (κ3) is 2.56. The molecule has 1 saturated heterocycles. The average molecular weight is 342 g/mol. The van der Waals surface area contributed by atoms with Crippen LogP contribution in [0.2, 0.25) is 0 Å². The molecular formula is C18H16F2N4O. The van der Waals surface area contributed by atoms with E-state index in [4.69, 9.17) is 0 Å². The molecule has 0 N–H and O–H groups in total. The van der Waals surface area contributed by atoms with Gasteiger partial charge in [-0.25, -0.2) is 13.8 Å². The number of likely N-dealkylation sites (tertiary alicyclic amines) is 1. The number of imidazole rings is 1. The number of carbonyl (C=O) groups excluding carboxylic acids is 1. The number of nitrogens with zero attached hydrogens (tertiary/aromatic N) is 4. The number of halogens is 2. The smallest absolute Gasteiger partial charge is 0.259 e. The van der Waals surface area contributed by atoms with Crippen molar-refractivity contribution in [3.05, 3.63) is 59.7 Å². The van der Waals surface area contributed by atoms with E-state index in [0.717, 1.165) is 29.0 Å². The van der Waals surface area contributed by atoms with Crippen LogP contribution >= 0.6 is 0 Å². The molecule has 4 rings (SSSR count). The van der Waals surface area contributed by atoms with Gasteiger partial charge in [-0.05, 0) is 24.6 Å². The van der Waals surface area contributed by atoms with Crippen molar-refractivity contribution < 1.29 is 13.6 Å². The van der Waals surface area contributed by atoms with Crippen molar-refractivity contribution >= 4 is 16.9 Å². The summed E-state index contributed by atoms with van der Waals surface area (Å²) in [6.45, 7) is 0.829. The number of carbonyl (C=O) groups is 1. The van der Waals surface area contributed by atoms with E-state index in [1.165, 1.54) is 11.0 Å². The molecule has 1 aromatic carbocycles. The molecule has 1 aliphatic heterocycles. The molecule has 25 heavy (non-hydrogen) atoms. The van der Waals surface area contributed by atoms with Crippen molar-refractivity contribution in [2.75, 3.05) is 13.1 Å². The van der Waals surface area contributed by atoms with Crippen molar-refractivity contribution in [1.82, 2.24) is 19.4 Å². The minimum Gasteiger partial charge on any atom is -0.338 e. The van der Waals surface area contributed by atoms with Crippen molar-refractivity contribution in [1.29, 1.82) is 0 Å². The predicted molar refractivity (Wildman–Crippen MR) is 88.1 cm³/mol. The van der Waals surface area contributed by atoms with Gasteiger partial charge in [0.25, 0.3) is 5.91 Å². The highest BCUT2D eigenvalue weighted by atomic mass is 19.1. The number of hydrogen-bond donors (Lipinski definition) is 0. The van der Waals surface area contributed by atoms with Crippen LogP contribution in [-0.2, 0) is 7.05 Å². The van der Waals surface area contributed by atoms with Gasteiger partial charge in [-0.15, -0.1) is 0 Å². The Balaban J connectivity index is 1.61. The Kier molecular flexibility index (Phi) is 3.71. The number of pyridine rings is 1. The normalized spacial score (nSPS) is 17.4. The third-order valence-corrected chi connectivity index (χ3v) is 4.73. The van der Waals surface area contributed by atoms with Gasteiger partial charge in [-0.3, -0.25) is 9.78 Å². The molecule has 0 saturated carbocycles. The van der Waals surface area contributed by atoms with Gasteiger partial charge in [0.15, 0.2) is 0 Å². The molecule has 0 spiro atoms. The van der Waals surface area contributed by atoms with E-state index in [1.54, 1.807) is 12.4 Å². The van der Waals surface area contributed by atoms with Crippen LogP contribution in [0.3, 0.4) is 0 Å². The lowest BCUT2D eigenvalue weighted by molar-refractivity contribution is 0.0780. The van der Waals surface area contributed by atoms with E-state index in [2.05, 4.69) is 9.97 Å². The number of benzene rings is 1. The molecule has 0 radical (unpaired) electrons. The number of aromatic nitrogens is 3. The maximum Gasteiger partial charge on any atom is 0.259 e. The SMILES string of the molecule is Cn1c(C2CCN(C(=O)c3c(F)cccc3F)C2)nc2ccncc21. The molecule has 1 unspecified atom stereocenters. The fraction of sp³-hybridized carbons (Fsp3) is 0.278. The molecule has 128 valence electrons. The van der Waals surface area contributed by atoms with Crippen LogP contribution in [0.5, 0.6) is 0 Å². The maximum atomic E-state index is 13.9. The maximum absolute atomic E-state index is 13.9.